The molecule has 2 nitrogen and oxygen atoms in total. The molecule has 1 rings (SSSR count). The van der Waals surface area contributed by atoms with E-state index in [0.29, 0.717) is 5.92 Å². The lowest BCUT2D eigenvalue weighted by atomic mass is 9.83. The van der Waals surface area contributed by atoms with Gasteiger partial charge in [0, 0.05) is 0 Å². The van der Waals surface area contributed by atoms with Gasteiger partial charge in [-0.3, -0.25) is 0 Å². The minimum absolute atomic E-state index is 0.135. The van der Waals surface area contributed by atoms with Crippen molar-refractivity contribution >= 4 is 8.32 Å². The minimum atomic E-state index is -1.84. The van der Waals surface area contributed by atoms with E-state index < -0.39 is 8.32 Å². The highest BCUT2D eigenvalue weighted by molar-refractivity contribution is 6.74. The summed E-state index contributed by atoms with van der Waals surface area (Å²) >= 11 is 0. The van der Waals surface area contributed by atoms with Crippen molar-refractivity contribution in [2.45, 2.75) is 90.1 Å². The molecule has 118 valence electrons. The molecule has 2 atom stereocenters. The lowest BCUT2D eigenvalue weighted by Crippen LogP contribution is -2.48. The average Bonchev–Trinajstić information content (AvgIpc) is 2.37. The van der Waals surface area contributed by atoms with E-state index in [1.54, 1.807) is 0 Å². The van der Waals surface area contributed by atoms with Crippen LogP contribution < -0.4 is 0 Å². The summed E-state index contributed by atoms with van der Waals surface area (Å²) in [5, 5.41) is 10.9. The average molecular weight is 299 g/mol. The third kappa shape index (κ3) is 4.71. The molecule has 0 saturated heterocycles. The highest BCUT2D eigenvalue weighted by Crippen LogP contribution is 2.39. The second-order valence-electron chi connectivity index (χ2n) is 7.76. The molecule has 0 unspecified atom stereocenters. The molecule has 0 heterocycles. The second kappa shape index (κ2) is 7.23. The molecule has 0 aromatic rings. The van der Waals surface area contributed by atoms with Gasteiger partial charge in [-0.2, -0.15) is 0 Å². The van der Waals surface area contributed by atoms with Crippen LogP contribution in [-0.2, 0) is 4.43 Å². The summed E-state index contributed by atoms with van der Waals surface area (Å²) in [5.41, 5.74) is 0. The highest BCUT2D eigenvalue weighted by Gasteiger charge is 2.41. The summed E-state index contributed by atoms with van der Waals surface area (Å²) in [6.07, 6.45) is 9.72. The smallest absolute Gasteiger partial charge is 0.193 e. The van der Waals surface area contributed by atoms with E-state index in [1.807, 2.05) is 13.0 Å². The summed E-state index contributed by atoms with van der Waals surface area (Å²) in [7, 11) is -1.84. The van der Waals surface area contributed by atoms with Crippen molar-refractivity contribution in [3.05, 3.63) is 12.2 Å². The fourth-order valence-electron chi connectivity index (χ4n) is 2.67. The monoisotopic (exact) mass is 298 g/mol. The van der Waals surface area contributed by atoms with Crippen molar-refractivity contribution in [3.63, 3.8) is 0 Å². The minimum Gasteiger partial charge on any atom is -0.408 e. The summed E-state index contributed by atoms with van der Waals surface area (Å²) < 4.78 is 6.46. The van der Waals surface area contributed by atoms with Crippen LogP contribution >= 0.6 is 0 Å². The van der Waals surface area contributed by atoms with Crippen LogP contribution in [0.1, 0.15) is 59.8 Å². The van der Waals surface area contributed by atoms with E-state index in [2.05, 4.69) is 39.9 Å². The van der Waals surface area contributed by atoms with E-state index in [-0.39, 0.29) is 17.2 Å². The molecular formula is C17H34O2Si. The molecule has 0 bridgehead atoms. The Balaban J connectivity index is 2.77. The van der Waals surface area contributed by atoms with Gasteiger partial charge in [0.15, 0.2) is 8.32 Å². The molecule has 1 N–H and O–H groups in total. The first kappa shape index (κ1) is 17.9. The maximum Gasteiger partial charge on any atom is 0.193 e. The van der Waals surface area contributed by atoms with Gasteiger partial charge in [-0.25, -0.2) is 0 Å². The van der Waals surface area contributed by atoms with Gasteiger partial charge in [-0.1, -0.05) is 52.2 Å². The van der Waals surface area contributed by atoms with Gasteiger partial charge < -0.3 is 9.53 Å². The maximum absolute atomic E-state index is 10.7. The lowest BCUT2D eigenvalue weighted by molar-refractivity contribution is 0.00194. The van der Waals surface area contributed by atoms with Crippen LogP contribution in [0.4, 0.5) is 0 Å². The van der Waals surface area contributed by atoms with Crippen molar-refractivity contribution in [3.8, 4) is 0 Å². The molecule has 1 fully saturated rings. The Hall–Kier alpha value is -0.123. The lowest BCUT2D eigenvalue weighted by Gasteiger charge is -2.41. The molecule has 1 aliphatic carbocycles. The number of aliphatic hydroxyl groups excluding tert-OH is 1. The molecule has 0 aromatic heterocycles. The van der Waals surface area contributed by atoms with Gasteiger partial charge >= 0.3 is 0 Å². The van der Waals surface area contributed by atoms with Crippen LogP contribution in [0.25, 0.3) is 0 Å². The van der Waals surface area contributed by atoms with Crippen LogP contribution in [0.15, 0.2) is 12.2 Å². The molecule has 3 heteroatoms. The van der Waals surface area contributed by atoms with Gasteiger partial charge in [0.25, 0.3) is 0 Å². The Morgan fingerprint density at radius 3 is 2.15 bits per heavy atom. The van der Waals surface area contributed by atoms with E-state index in [4.69, 9.17) is 4.43 Å². The van der Waals surface area contributed by atoms with Crippen molar-refractivity contribution < 1.29 is 9.53 Å². The van der Waals surface area contributed by atoms with Gasteiger partial charge in [0.2, 0.25) is 0 Å². The third-order valence-electron chi connectivity index (χ3n) is 5.09. The summed E-state index contributed by atoms with van der Waals surface area (Å²) in [6.45, 7) is 13.3. The van der Waals surface area contributed by atoms with Crippen molar-refractivity contribution in [1.82, 2.24) is 0 Å². The molecule has 0 aromatic carbocycles. The fraction of sp³-hybridized carbons (Fsp3) is 0.882. The van der Waals surface area contributed by atoms with Crippen LogP contribution in [0.2, 0.25) is 18.1 Å². The Labute approximate surface area is 126 Å². The first-order valence-corrected chi connectivity index (χ1v) is 11.1. The van der Waals surface area contributed by atoms with Gasteiger partial charge in [0.05, 0.1) is 12.2 Å². The molecule has 1 saturated carbocycles. The van der Waals surface area contributed by atoms with E-state index >= 15 is 0 Å². The van der Waals surface area contributed by atoms with Crippen LogP contribution in [0.5, 0.6) is 0 Å². The molecule has 0 radical (unpaired) electrons. The van der Waals surface area contributed by atoms with Gasteiger partial charge in [0.1, 0.15) is 0 Å². The van der Waals surface area contributed by atoms with E-state index in [1.165, 1.54) is 19.3 Å². The number of hydrogen-bond acceptors (Lipinski definition) is 2. The Bertz CT molecular complexity index is 311. The van der Waals surface area contributed by atoms with Crippen LogP contribution in [0, 0.1) is 5.92 Å². The number of allylic oxidation sites excluding steroid dienone is 1. The van der Waals surface area contributed by atoms with Crippen molar-refractivity contribution in [2.24, 2.45) is 5.92 Å². The molecule has 0 spiro atoms. The molecule has 1 aliphatic rings. The normalized spacial score (nSPS) is 22.1. The second-order valence-corrected chi connectivity index (χ2v) is 12.5. The zero-order valence-electron chi connectivity index (χ0n) is 14.3. The Morgan fingerprint density at radius 1 is 1.15 bits per heavy atom. The van der Waals surface area contributed by atoms with E-state index in [0.717, 1.165) is 12.8 Å². The largest absolute Gasteiger partial charge is 0.408 e. The predicted molar refractivity (Wildman–Crippen MR) is 89.5 cm³/mol. The predicted octanol–water partition coefficient (Wildman–Crippen LogP) is 4.89. The van der Waals surface area contributed by atoms with Crippen LogP contribution in [-0.4, -0.2) is 25.6 Å². The zero-order chi connectivity index (χ0) is 15.4. The SMILES string of the molecule is C/C=C/[C@@H](O[Si](C)(C)C(C)(C)C)[C@H](O)C1CCCCC1. The Kier molecular flexibility index (Phi) is 6.48. The maximum atomic E-state index is 10.7. The topological polar surface area (TPSA) is 29.5 Å². The van der Waals surface area contributed by atoms with E-state index in [9.17, 15) is 5.11 Å². The zero-order valence-corrected chi connectivity index (χ0v) is 15.3. The first-order valence-electron chi connectivity index (χ1n) is 8.18. The summed E-state index contributed by atoms with van der Waals surface area (Å²) in [5.74, 6) is 0.412. The fourth-order valence-corrected chi connectivity index (χ4v) is 3.93. The van der Waals surface area contributed by atoms with Gasteiger partial charge in [-0.05, 0) is 43.8 Å². The molecule has 0 amide bonds. The Morgan fingerprint density at radius 2 is 1.70 bits per heavy atom. The van der Waals surface area contributed by atoms with Crippen molar-refractivity contribution in [2.75, 3.05) is 0 Å². The quantitative estimate of drug-likeness (QED) is 0.578. The number of rotatable bonds is 5. The first-order chi connectivity index (χ1) is 9.19. The number of aliphatic hydroxyl groups is 1. The van der Waals surface area contributed by atoms with Crippen molar-refractivity contribution in [1.29, 1.82) is 0 Å². The number of hydrogen-bond donors (Lipinski definition) is 1. The standard InChI is InChI=1S/C17H34O2Si/c1-7-11-15(19-20(5,6)17(2,3)4)16(18)14-12-9-8-10-13-14/h7,11,14-16,18H,8-10,12-13H2,1-6H3/b11-7+/t15-,16-/m1/s1. The summed E-state index contributed by atoms with van der Waals surface area (Å²) in [4.78, 5) is 0. The molecular weight excluding hydrogens is 264 g/mol. The highest BCUT2D eigenvalue weighted by atomic mass is 28.4. The van der Waals surface area contributed by atoms with Gasteiger partial charge in [-0.15, -0.1) is 0 Å². The molecule has 0 aliphatic heterocycles. The van der Waals surface area contributed by atoms with Crippen LogP contribution in [0.3, 0.4) is 0 Å². The molecule has 20 heavy (non-hydrogen) atoms. The summed E-state index contributed by atoms with van der Waals surface area (Å²) in [6, 6.07) is 0. The third-order valence-corrected chi connectivity index (χ3v) is 9.56.